The number of benzene rings is 2. The zero-order chi connectivity index (χ0) is 20.1. The number of rotatable bonds is 7. The third-order valence-corrected chi connectivity index (χ3v) is 4.82. The number of amides is 1. The van der Waals surface area contributed by atoms with Gasteiger partial charge < -0.3 is 14.5 Å². The maximum absolute atomic E-state index is 12.2. The summed E-state index contributed by atoms with van der Waals surface area (Å²) in [5.41, 5.74) is 3.32. The molecule has 0 radical (unpaired) electrons. The molecule has 1 N–H and O–H groups in total. The Kier molecular flexibility index (Phi) is 6.14. The van der Waals surface area contributed by atoms with E-state index in [0.29, 0.717) is 11.3 Å². The van der Waals surface area contributed by atoms with Gasteiger partial charge in [0.1, 0.15) is 11.3 Å². The van der Waals surface area contributed by atoms with Crippen molar-refractivity contribution >= 4 is 16.9 Å². The van der Waals surface area contributed by atoms with Gasteiger partial charge in [0.25, 0.3) is 5.91 Å². The molecule has 2 aromatic carbocycles. The average molecular weight is 379 g/mol. The third-order valence-electron chi connectivity index (χ3n) is 4.82. The van der Waals surface area contributed by atoms with Crippen LogP contribution in [0.3, 0.4) is 0 Å². The predicted molar refractivity (Wildman–Crippen MR) is 110 cm³/mol. The Bertz CT molecular complexity index is 1020. The molecule has 3 rings (SSSR count). The maximum atomic E-state index is 12.2. The van der Waals surface area contributed by atoms with Crippen LogP contribution >= 0.6 is 0 Å². The Labute approximate surface area is 164 Å². The second kappa shape index (κ2) is 8.74. The molecule has 0 fully saturated rings. The van der Waals surface area contributed by atoms with E-state index < -0.39 is 0 Å². The first-order valence-corrected chi connectivity index (χ1v) is 9.58. The molecule has 0 saturated heterocycles. The van der Waals surface area contributed by atoms with Crippen LogP contribution in [0.2, 0.25) is 0 Å². The van der Waals surface area contributed by atoms with Gasteiger partial charge in [0, 0.05) is 17.5 Å². The van der Waals surface area contributed by atoms with E-state index in [1.165, 1.54) is 11.6 Å². The monoisotopic (exact) mass is 379 g/mol. The number of aryl methyl sites for hydroxylation is 2. The van der Waals surface area contributed by atoms with Gasteiger partial charge in [0.15, 0.2) is 6.61 Å². The minimum Gasteiger partial charge on any atom is -0.484 e. The number of ether oxygens (including phenoxy) is 1. The summed E-state index contributed by atoms with van der Waals surface area (Å²) in [7, 11) is 0. The molecule has 5 heteroatoms. The highest BCUT2D eigenvalue weighted by Gasteiger charge is 2.11. The number of carbonyl (C=O) groups excluding carboxylic acids is 1. The minimum absolute atomic E-state index is 0.108. The highest BCUT2D eigenvalue weighted by Crippen LogP contribution is 2.23. The van der Waals surface area contributed by atoms with Crippen LogP contribution in [0.15, 0.2) is 57.7 Å². The Morgan fingerprint density at radius 2 is 1.82 bits per heavy atom. The van der Waals surface area contributed by atoms with Crippen LogP contribution in [0.1, 0.15) is 43.5 Å². The van der Waals surface area contributed by atoms with Gasteiger partial charge >= 0.3 is 5.63 Å². The lowest BCUT2D eigenvalue weighted by Gasteiger charge is -2.15. The molecule has 0 unspecified atom stereocenters. The first-order chi connectivity index (χ1) is 13.5. The fraction of sp³-hybridized carbons (Fsp3) is 0.304. The summed E-state index contributed by atoms with van der Waals surface area (Å²) >= 11 is 0. The molecule has 1 amide bonds. The topological polar surface area (TPSA) is 68.5 Å². The number of nitrogens with one attached hydrogen (secondary N) is 1. The zero-order valence-corrected chi connectivity index (χ0v) is 16.5. The molecule has 1 atom stereocenters. The summed E-state index contributed by atoms with van der Waals surface area (Å²) in [5.74, 6) is 0.273. The van der Waals surface area contributed by atoms with Gasteiger partial charge in [-0.2, -0.15) is 0 Å². The molecule has 0 bridgehead atoms. The van der Waals surface area contributed by atoms with Crippen LogP contribution in [0, 0.1) is 0 Å². The van der Waals surface area contributed by atoms with Crippen molar-refractivity contribution in [3.8, 4) is 5.75 Å². The Balaban J connectivity index is 1.62. The molecule has 28 heavy (non-hydrogen) atoms. The van der Waals surface area contributed by atoms with Crippen LogP contribution in [0.4, 0.5) is 0 Å². The number of carbonyl (C=O) groups is 1. The largest absolute Gasteiger partial charge is 0.484 e. The van der Waals surface area contributed by atoms with Crippen LogP contribution < -0.4 is 15.7 Å². The smallest absolute Gasteiger partial charge is 0.336 e. The van der Waals surface area contributed by atoms with E-state index in [9.17, 15) is 9.59 Å². The molecule has 0 aliphatic heterocycles. The van der Waals surface area contributed by atoms with Crippen LogP contribution in [0.25, 0.3) is 11.0 Å². The van der Waals surface area contributed by atoms with Gasteiger partial charge in [-0.15, -0.1) is 0 Å². The van der Waals surface area contributed by atoms with Gasteiger partial charge in [0.05, 0.1) is 6.04 Å². The van der Waals surface area contributed by atoms with E-state index >= 15 is 0 Å². The average Bonchev–Trinajstić information content (AvgIpc) is 2.71. The quantitative estimate of drug-likeness (QED) is 0.626. The molecule has 0 aliphatic rings. The molecular formula is C23H25NO4. The van der Waals surface area contributed by atoms with Gasteiger partial charge in [-0.3, -0.25) is 4.79 Å². The minimum atomic E-state index is -0.387. The van der Waals surface area contributed by atoms with Crippen molar-refractivity contribution in [2.24, 2.45) is 0 Å². The molecule has 1 aromatic heterocycles. The van der Waals surface area contributed by atoms with Crippen molar-refractivity contribution < 1.29 is 13.9 Å². The lowest BCUT2D eigenvalue weighted by atomic mass is 10.1. The maximum Gasteiger partial charge on any atom is 0.336 e. The van der Waals surface area contributed by atoms with Crippen molar-refractivity contribution in [2.45, 2.75) is 39.7 Å². The fourth-order valence-electron chi connectivity index (χ4n) is 3.15. The lowest BCUT2D eigenvalue weighted by Crippen LogP contribution is -2.31. The van der Waals surface area contributed by atoms with Crippen molar-refractivity contribution in [2.75, 3.05) is 6.61 Å². The molecule has 3 aromatic rings. The van der Waals surface area contributed by atoms with E-state index in [2.05, 4.69) is 24.4 Å². The number of fused-ring (bicyclic) bond motifs is 1. The second-order valence-electron chi connectivity index (χ2n) is 6.78. The molecule has 0 saturated carbocycles. The highest BCUT2D eigenvalue weighted by molar-refractivity contribution is 5.82. The highest BCUT2D eigenvalue weighted by atomic mass is 16.5. The molecular weight excluding hydrogens is 354 g/mol. The first kappa shape index (κ1) is 19.7. The van der Waals surface area contributed by atoms with E-state index in [-0.39, 0.29) is 24.2 Å². The lowest BCUT2D eigenvalue weighted by molar-refractivity contribution is -0.123. The number of hydrogen-bond acceptors (Lipinski definition) is 4. The number of hydrogen-bond donors (Lipinski definition) is 1. The third kappa shape index (κ3) is 4.60. The molecule has 1 heterocycles. The summed E-state index contributed by atoms with van der Waals surface area (Å²) in [6, 6.07) is 14.9. The van der Waals surface area contributed by atoms with Gasteiger partial charge in [-0.25, -0.2) is 4.79 Å². The Morgan fingerprint density at radius 3 is 2.50 bits per heavy atom. The molecule has 0 aliphatic carbocycles. The van der Waals surface area contributed by atoms with Crippen molar-refractivity contribution in [3.05, 3.63) is 75.6 Å². The van der Waals surface area contributed by atoms with Crippen molar-refractivity contribution in [1.29, 1.82) is 0 Å². The molecule has 5 nitrogen and oxygen atoms in total. The Hall–Kier alpha value is -3.08. The van der Waals surface area contributed by atoms with Crippen molar-refractivity contribution in [1.82, 2.24) is 5.32 Å². The normalized spacial score (nSPS) is 12.0. The zero-order valence-electron chi connectivity index (χ0n) is 16.5. The van der Waals surface area contributed by atoms with Gasteiger partial charge in [-0.1, -0.05) is 38.1 Å². The summed E-state index contributed by atoms with van der Waals surface area (Å²) in [6.45, 7) is 5.93. The summed E-state index contributed by atoms with van der Waals surface area (Å²) < 4.78 is 10.8. The van der Waals surface area contributed by atoms with Crippen molar-refractivity contribution in [3.63, 3.8) is 0 Å². The molecule has 0 spiro atoms. The summed E-state index contributed by atoms with van der Waals surface area (Å²) in [5, 5.41) is 3.81. The van der Waals surface area contributed by atoms with Crippen LogP contribution in [0.5, 0.6) is 5.75 Å². The SMILES string of the molecule is CCc1ccc([C@H](C)NC(=O)COc2ccc3c(CC)cc(=O)oc3c2)cc1. The first-order valence-electron chi connectivity index (χ1n) is 9.58. The van der Waals surface area contributed by atoms with E-state index in [4.69, 9.17) is 9.15 Å². The standard InChI is InChI=1S/C23H25NO4/c1-4-16-6-8-18(9-7-16)15(3)24-22(25)14-27-19-10-11-20-17(5-2)12-23(26)28-21(20)13-19/h6-13,15H,4-5,14H2,1-3H3,(H,24,25)/t15-/m0/s1. The van der Waals surface area contributed by atoms with Gasteiger partial charge in [0.2, 0.25) is 0 Å². The van der Waals surface area contributed by atoms with Crippen LogP contribution in [-0.2, 0) is 17.6 Å². The second-order valence-corrected chi connectivity index (χ2v) is 6.78. The molecule has 146 valence electrons. The van der Waals surface area contributed by atoms with Gasteiger partial charge in [-0.05, 0) is 48.6 Å². The van der Waals surface area contributed by atoms with E-state index in [0.717, 1.165) is 29.4 Å². The predicted octanol–water partition coefficient (Wildman–Crippen LogP) is 4.17. The summed E-state index contributed by atoms with van der Waals surface area (Å²) in [6.07, 6.45) is 1.72. The summed E-state index contributed by atoms with van der Waals surface area (Å²) in [4.78, 5) is 23.9. The fourth-order valence-corrected chi connectivity index (χ4v) is 3.15. The van der Waals surface area contributed by atoms with Crippen LogP contribution in [-0.4, -0.2) is 12.5 Å². The van der Waals surface area contributed by atoms with E-state index in [1.807, 2.05) is 32.0 Å². The Morgan fingerprint density at radius 1 is 1.07 bits per heavy atom. The van der Waals surface area contributed by atoms with E-state index in [1.54, 1.807) is 12.1 Å².